The highest BCUT2D eigenvalue weighted by atomic mass is 15.0. The second-order valence-electron chi connectivity index (χ2n) is 6.53. The summed E-state index contributed by atoms with van der Waals surface area (Å²) in [6, 6.07) is 8.81. The summed E-state index contributed by atoms with van der Waals surface area (Å²) < 4.78 is 2.46. The first-order valence-electron chi connectivity index (χ1n) is 8.43. The first kappa shape index (κ1) is 16.1. The van der Waals surface area contributed by atoms with E-state index in [4.69, 9.17) is 0 Å². The van der Waals surface area contributed by atoms with Crippen LogP contribution in [0.3, 0.4) is 0 Å². The van der Waals surface area contributed by atoms with Gasteiger partial charge in [-0.3, -0.25) is 0 Å². The van der Waals surface area contributed by atoms with Gasteiger partial charge in [-0.2, -0.15) is 0 Å². The third kappa shape index (κ3) is 4.10. The van der Waals surface area contributed by atoms with Crippen LogP contribution in [0.5, 0.6) is 0 Å². The van der Waals surface area contributed by atoms with Crippen LogP contribution in [0.15, 0.2) is 30.5 Å². The summed E-state index contributed by atoms with van der Waals surface area (Å²) in [5, 5.41) is 4.98. The van der Waals surface area contributed by atoms with E-state index in [0.717, 1.165) is 25.6 Å². The molecule has 1 heterocycles. The van der Waals surface area contributed by atoms with Gasteiger partial charge in [0.15, 0.2) is 0 Å². The van der Waals surface area contributed by atoms with Crippen LogP contribution < -0.4 is 5.32 Å². The van der Waals surface area contributed by atoms with E-state index >= 15 is 0 Å². The van der Waals surface area contributed by atoms with Crippen molar-refractivity contribution in [1.82, 2.24) is 9.88 Å². The van der Waals surface area contributed by atoms with Crippen LogP contribution in [0.4, 0.5) is 0 Å². The van der Waals surface area contributed by atoms with Gasteiger partial charge in [0.25, 0.3) is 0 Å². The highest BCUT2D eigenvalue weighted by molar-refractivity contribution is 5.83. The molecule has 2 aromatic rings. The molecule has 116 valence electrons. The molecule has 0 saturated heterocycles. The van der Waals surface area contributed by atoms with Crippen molar-refractivity contribution in [3.05, 3.63) is 36.0 Å². The molecule has 0 bridgehead atoms. The molecule has 2 nitrogen and oxygen atoms in total. The van der Waals surface area contributed by atoms with Crippen molar-refractivity contribution in [2.24, 2.45) is 11.8 Å². The SMILES string of the molecule is CCC(CC)Cn1cc(CNCC(C)C)c2ccccc21. The zero-order valence-corrected chi connectivity index (χ0v) is 14.0. The van der Waals surface area contributed by atoms with E-state index in [2.05, 4.69) is 68.0 Å². The second-order valence-corrected chi connectivity index (χ2v) is 6.53. The molecule has 1 aromatic carbocycles. The van der Waals surface area contributed by atoms with Crippen molar-refractivity contribution in [3.63, 3.8) is 0 Å². The number of nitrogens with one attached hydrogen (secondary N) is 1. The molecule has 0 aliphatic rings. The Morgan fingerprint density at radius 3 is 2.48 bits per heavy atom. The van der Waals surface area contributed by atoms with E-state index in [1.807, 2.05) is 0 Å². The number of hydrogen-bond acceptors (Lipinski definition) is 1. The van der Waals surface area contributed by atoms with Gasteiger partial charge in [-0.1, -0.05) is 58.7 Å². The summed E-state index contributed by atoms with van der Waals surface area (Å²) in [5.74, 6) is 1.47. The van der Waals surface area contributed by atoms with Gasteiger partial charge < -0.3 is 9.88 Å². The Kier molecular flexibility index (Phi) is 5.86. The van der Waals surface area contributed by atoms with E-state index in [-0.39, 0.29) is 0 Å². The topological polar surface area (TPSA) is 17.0 Å². The number of nitrogens with zero attached hydrogens (tertiary/aromatic N) is 1. The molecule has 1 aromatic heterocycles. The third-order valence-electron chi connectivity index (χ3n) is 4.35. The predicted molar refractivity (Wildman–Crippen MR) is 92.6 cm³/mol. The minimum Gasteiger partial charge on any atom is -0.347 e. The maximum Gasteiger partial charge on any atom is 0.0483 e. The third-order valence-corrected chi connectivity index (χ3v) is 4.35. The van der Waals surface area contributed by atoms with Gasteiger partial charge in [-0.15, -0.1) is 0 Å². The molecule has 0 amide bonds. The van der Waals surface area contributed by atoms with Crippen LogP contribution >= 0.6 is 0 Å². The standard InChI is InChI=1S/C19H30N2/c1-5-16(6-2)13-21-14-17(12-20-11-15(3)4)18-9-7-8-10-19(18)21/h7-10,14-16,20H,5-6,11-13H2,1-4H3. The molecule has 0 spiro atoms. The number of fused-ring (bicyclic) bond motifs is 1. The molecule has 0 aliphatic carbocycles. The molecule has 0 fully saturated rings. The van der Waals surface area contributed by atoms with Gasteiger partial charge in [-0.25, -0.2) is 0 Å². The van der Waals surface area contributed by atoms with E-state index < -0.39 is 0 Å². The Balaban J connectivity index is 2.21. The van der Waals surface area contributed by atoms with E-state index in [1.165, 1.54) is 29.3 Å². The number of aromatic nitrogens is 1. The number of benzene rings is 1. The fourth-order valence-corrected chi connectivity index (χ4v) is 2.94. The Morgan fingerprint density at radius 2 is 1.81 bits per heavy atom. The zero-order valence-electron chi connectivity index (χ0n) is 14.0. The summed E-state index contributed by atoms with van der Waals surface area (Å²) in [6.07, 6.45) is 4.87. The molecule has 21 heavy (non-hydrogen) atoms. The summed E-state index contributed by atoms with van der Waals surface area (Å²) in [7, 11) is 0. The fourth-order valence-electron chi connectivity index (χ4n) is 2.94. The van der Waals surface area contributed by atoms with Gasteiger partial charge in [0.05, 0.1) is 0 Å². The van der Waals surface area contributed by atoms with Crippen LogP contribution in [0.25, 0.3) is 10.9 Å². The summed E-state index contributed by atoms with van der Waals surface area (Å²) >= 11 is 0. The Bertz CT molecular complexity index is 550. The Hall–Kier alpha value is -1.28. The summed E-state index contributed by atoms with van der Waals surface area (Å²) in [4.78, 5) is 0. The summed E-state index contributed by atoms with van der Waals surface area (Å²) in [5.41, 5.74) is 2.81. The number of hydrogen-bond donors (Lipinski definition) is 1. The lowest BCUT2D eigenvalue weighted by Crippen LogP contribution is -2.18. The summed E-state index contributed by atoms with van der Waals surface area (Å²) in [6.45, 7) is 12.3. The van der Waals surface area contributed by atoms with Crippen molar-refractivity contribution in [2.75, 3.05) is 6.54 Å². The fraction of sp³-hybridized carbons (Fsp3) is 0.579. The molecule has 0 unspecified atom stereocenters. The molecule has 1 N–H and O–H groups in total. The van der Waals surface area contributed by atoms with Crippen LogP contribution in [-0.2, 0) is 13.1 Å². The number of para-hydroxylation sites is 1. The Labute approximate surface area is 129 Å². The van der Waals surface area contributed by atoms with Crippen LogP contribution in [-0.4, -0.2) is 11.1 Å². The van der Waals surface area contributed by atoms with Gasteiger partial charge in [0, 0.05) is 30.2 Å². The molecule has 0 radical (unpaired) electrons. The van der Waals surface area contributed by atoms with E-state index in [1.54, 1.807) is 0 Å². The highest BCUT2D eigenvalue weighted by Crippen LogP contribution is 2.23. The van der Waals surface area contributed by atoms with Gasteiger partial charge in [0.1, 0.15) is 0 Å². The Morgan fingerprint density at radius 1 is 1.10 bits per heavy atom. The largest absolute Gasteiger partial charge is 0.347 e. The van der Waals surface area contributed by atoms with Crippen molar-refractivity contribution < 1.29 is 0 Å². The van der Waals surface area contributed by atoms with Crippen LogP contribution in [0, 0.1) is 11.8 Å². The van der Waals surface area contributed by atoms with Gasteiger partial charge >= 0.3 is 0 Å². The van der Waals surface area contributed by atoms with Gasteiger partial charge in [0.2, 0.25) is 0 Å². The quantitative estimate of drug-likeness (QED) is 0.736. The first-order chi connectivity index (χ1) is 10.2. The predicted octanol–water partition coefficient (Wildman–Crippen LogP) is 4.82. The highest BCUT2D eigenvalue weighted by Gasteiger charge is 2.11. The minimum absolute atomic E-state index is 0.697. The molecule has 0 atom stereocenters. The number of rotatable bonds is 8. The van der Waals surface area contributed by atoms with Crippen molar-refractivity contribution in [3.8, 4) is 0 Å². The van der Waals surface area contributed by atoms with Crippen molar-refractivity contribution >= 4 is 10.9 Å². The lowest BCUT2D eigenvalue weighted by molar-refractivity contribution is 0.425. The zero-order chi connectivity index (χ0) is 15.2. The maximum absolute atomic E-state index is 3.57. The molecule has 2 heteroatoms. The molecular weight excluding hydrogens is 256 g/mol. The van der Waals surface area contributed by atoms with Crippen molar-refractivity contribution in [1.29, 1.82) is 0 Å². The maximum atomic E-state index is 3.57. The monoisotopic (exact) mass is 286 g/mol. The van der Waals surface area contributed by atoms with Crippen LogP contribution in [0.2, 0.25) is 0 Å². The van der Waals surface area contributed by atoms with Crippen LogP contribution in [0.1, 0.15) is 46.1 Å². The normalized spacial score (nSPS) is 11.9. The average Bonchev–Trinajstić information content (AvgIpc) is 2.83. The smallest absolute Gasteiger partial charge is 0.0483 e. The first-order valence-corrected chi connectivity index (χ1v) is 8.43. The lowest BCUT2D eigenvalue weighted by atomic mass is 10.0. The molecule has 2 rings (SSSR count). The van der Waals surface area contributed by atoms with Crippen molar-refractivity contribution in [2.45, 2.75) is 53.6 Å². The second kappa shape index (κ2) is 7.65. The van der Waals surface area contributed by atoms with E-state index in [9.17, 15) is 0 Å². The molecular formula is C19H30N2. The van der Waals surface area contributed by atoms with E-state index in [0.29, 0.717) is 5.92 Å². The minimum atomic E-state index is 0.697. The molecule has 0 aliphatic heterocycles. The van der Waals surface area contributed by atoms with Gasteiger partial charge in [-0.05, 0) is 30.0 Å². The lowest BCUT2D eigenvalue weighted by Gasteiger charge is -2.14. The molecule has 0 saturated carbocycles. The average molecular weight is 286 g/mol.